The lowest BCUT2D eigenvalue weighted by atomic mass is 10.4. The Labute approximate surface area is 98.1 Å². The predicted molar refractivity (Wildman–Crippen MR) is 70.7 cm³/mol. The zero-order valence-corrected chi connectivity index (χ0v) is 11.9. The van der Waals surface area contributed by atoms with Crippen molar-refractivity contribution in [3.05, 3.63) is 0 Å². The van der Waals surface area contributed by atoms with E-state index in [-0.39, 0.29) is 0 Å². The first-order valence-corrected chi connectivity index (χ1v) is 7.05. The van der Waals surface area contributed by atoms with Crippen LogP contribution in [0.1, 0.15) is 27.7 Å². The Balaban J connectivity index is 3.38. The predicted octanol–water partition coefficient (Wildman–Crippen LogP) is 2.96. The Kier molecular flexibility index (Phi) is 8.20. The first-order chi connectivity index (χ1) is 6.45. The van der Waals surface area contributed by atoms with Crippen LogP contribution in [0.4, 0.5) is 0 Å². The monoisotopic (exact) mass is 236 g/mol. The Morgan fingerprint density at radius 1 is 0.786 bits per heavy atom. The van der Waals surface area contributed by atoms with E-state index in [0.717, 1.165) is 0 Å². The highest BCUT2D eigenvalue weighted by atomic mass is 32.2. The van der Waals surface area contributed by atoms with E-state index in [2.05, 4.69) is 50.4 Å². The van der Waals surface area contributed by atoms with Crippen LogP contribution in [0, 0.1) is 0 Å². The summed E-state index contributed by atoms with van der Waals surface area (Å²) in [5, 5.41) is 0. The fourth-order valence-corrected chi connectivity index (χ4v) is 2.43. The van der Waals surface area contributed by atoms with Gasteiger partial charge in [0.1, 0.15) is 0 Å². The summed E-state index contributed by atoms with van der Waals surface area (Å²) >= 11 is 3.85. The Morgan fingerprint density at radius 3 is 1.29 bits per heavy atom. The van der Waals surface area contributed by atoms with Gasteiger partial charge in [0.25, 0.3) is 0 Å². The largest absolute Gasteiger partial charge is 0.251 e. The standard InChI is InChI=1S/C10H24N2S2/c1-9(2)11(5)13-7-8-14-12(6)10(3)4/h9-10H,7-8H2,1-6H3. The molecule has 0 saturated heterocycles. The summed E-state index contributed by atoms with van der Waals surface area (Å²) in [6, 6.07) is 1.26. The van der Waals surface area contributed by atoms with Gasteiger partial charge in [-0.1, -0.05) is 23.9 Å². The second-order valence-electron chi connectivity index (χ2n) is 3.95. The molecule has 0 aromatic carbocycles. The van der Waals surface area contributed by atoms with Crippen molar-refractivity contribution >= 4 is 23.9 Å². The maximum atomic E-state index is 2.32. The molecule has 14 heavy (non-hydrogen) atoms. The molecular weight excluding hydrogens is 212 g/mol. The lowest BCUT2D eigenvalue weighted by Gasteiger charge is -2.22. The summed E-state index contributed by atoms with van der Waals surface area (Å²) in [6.07, 6.45) is 0. The van der Waals surface area contributed by atoms with E-state index in [1.165, 1.54) is 11.5 Å². The molecular formula is C10H24N2S2. The topological polar surface area (TPSA) is 6.48 Å². The van der Waals surface area contributed by atoms with Crippen LogP contribution in [0.3, 0.4) is 0 Å². The summed E-state index contributed by atoms with van der Waals surface area (Å²) in [7, 11) is 4.32. The lowest BCUT2D eigenvalue weighted by Crippen LogP contribution is -2.21. The van der Waals surface area contributed by atoms with E-state index < -0.39 is 0 Å². The van der Waals surface area contributed by atoms with Crippen molar-refractivity contribution in [2.24, 2.45) is 0 Å². The van der Waals surface area contributed by atoms with E-state index in [0.29, 0.717) is 12.1 Å². The highest BCUT2D eigenvalue weighted by Crippen LogP contribution is 2.16. The summed E-state index contributed by atoms with van der Waals surface area (Å²) in [4.78, 5) is 0. The first-order valence-electron chi connectivity index (χ1n) is 5.16. The van der Waals surface area contributed by atoms with Crippen molar-refractivity contribution in [3.63, 3.8) is 0 Å². The van der Waals surface area contributed by atoms with E-state index in [1.54, 1.807) is 0 Å². The third kappa shape index (κ3) is 6.98. The minimum absolute atomic E-state index is 0.632. The maximum absolute atomic E-state index is 2.32. The van der Waals surface area contributed by atoms with Gasteiger partial charge in [-0.15, -0.1) is 0 Å². The summed E-state index contributed by atoms with van der Waals surface area (Å²) in [5.74, 6) is 2.38. The smallest absolute Gasteiger partial charge is 0.0184 e. The van der Waals surface area contributed by atoms with Gasteiger partial charge in [-0.2, -0.15) is 0 Å². The zero-order valence-electron chi connectivity index (χ0n) is 10.3. The second kappa shape index (κ2) is 7.85. The Morgan fingerprint density at radius 2 is 1.07 bits per heavy atom. The fraction of sp³-hybridized carbons (Fsp3) is 1.00. The van der Waals surface area contributed by atoms with Crippen LogP contribution >= 0.6 is 23.9 Å². The fourth-order valence-electron chi connectivity index (χ4n) is 0.661. The number of hydrogen-bond donors (Lipinski definition) is 0. The molecule has 0 aliphatic heterocycles. The molecule has 0 N–H and O–H groups in total. The molecule has 0 unspecified atom stereocenters. The lowest BCUT2D eigenvalue weighted by molar-refractivity contribution is 0.466. The van der Waals surface area contributed by atoms with Gasteiger partial charge >= 0.3 is 0 Å². The molecule has 0 saturated carbocycles. The van der Waals surface area contributed by atoms with Gasteiger partial charge in [0.15, 0.2) is 0 Å². The normalized spacial score (nSPS) is 12.4. The van der Waals surface area contributed by atoms with Crippen molar-refractivity contribution in [2.75, 3.05) is 25.6 Å². The molecule has 0 heterocycles. The molecule has 0 aliphatic rings. The van der Waals surface area contributed by atoms with Gasteiger partial charge < -0.3 is 0 Å². The van der Waals surface area contributed by atoms with Crippen molar-refractivity contribution < 1.29 is 0 Å². The number of nitrogens with zero attached hydrogens (tertiary/aromatic N) is 2. The molecule has 0 atom stereocenters. The molecule has 2 nitrogen and oxygen atoms in total. The van der Waals surface area contributed by atoms with Crippen molar-refractivity contribution in [2.45, 2.75) is 39.8 Å². The van der Waals surface area contributed by atoms with Crippen LogP contribution in [0.5, 0.6) is 0 Å². The van der Waals surface area contributed by atoms with E-state index in [9.17, 15) is 0 Å². The van der Waals surface area contributed by atoms with Crippen LogP contribution in [0.25, 0.3) is 0 Å². The molecule has 0 fully saturated rings. The van der Waals surface area contributed by atoms with Crippen molar-refractivity contribution in [1.29, 1.82) is 0 Å². The molecule has 0 spiro atoms. The Bertz CT molecular complexity index is 124. The van der Waals surface area contributed by atoms with Gasteiger partial charge in [0.05, 0.1) is 0 Å². The molecule has 0 aromatic heterocycles. The van der Waals surface area contributed by atoms with Gasteiger partial charge in [-0.05, 0) is 41.8 Å². The quantitative estimate of drug-likeness (QED) is 0.495. The van der Waals surface area contributed by atoms with Crippen LogP contribution in [0.2, 0.25) is 0 Å². The summed E-state index contributed by atoms with van der Waals surface area (Å²) in [5.41, 5.74) is 0. The van der Waals surface area contributed by atoms with E-state index in [1.807, 2.05) is 23.9 Å². The van der Waals surface area contributed by atoms with Crippen molar-refractivity contribution in [1.82, 2.24) is 8.61 Å². The molecule has 0 aromatic rings. The highest BCUT2D eigenvalue weighted by Gasteiger charge is 2.05. The molecule has 4 heteroatoms. The van der Waals surface area contributed by atoms with Gasteiger partial charge in [0.2, 0.25) is 0 Å². The zero-order chi connectivity index (χ0) is 11.1. The number of hydrogen-bond acceptors (Lipinski definition) is 4. The van der Waals surface area contributed by atoms with Crippen molar-refractivity contribution in [3.8, 4) is 0 Å². The van der Waals surface area contributed by atoms with Crippen LogP contribution < -0.4 is 0 Å². The molecule has 0 bridgehead atoms. The molecule has 0 rings (SSSR count). The first kappa shape index (κ1) is 14.6. The van der Waals surface area contributed by atoms with Gasteiger partial charge in [-0.25, -0.2) is 0 Å². The average molecular weight is 236 g/mol. The molecule has 0 radical (unpaired) electrons. The minimum atomic E-state index is 0.632. The third-order valence-electron chi connectivity index (χ3n) is 2.13. The molecule has 86 valence electrons. The summed E-state index contributed by atoms with van der Waals surface area (Å²) in [6.45, 7) is 8.89. The Hall–Kier alpha value is 0.620. The highest BCUT2D eigenvalue weighted by molar-refractivity contribution is 8.00. The number of rotatable bonds is 7. The second-order valence-corrected chi connectivity index (χ2v) is 6.43. The van der Waals surface area contributed by atoms with Gasteiger partial charge in [-0.3, -0.25) is 8.61 Å². The van der Waals surface area contributed by atoms with Crippen LogP contribution in [0.15, 0.2) is 0 Å². The van der Waals surface area contributed by atoms with E-state index >= 15 is 0 Å². The van der Waals surface area contributed by atoms with Crippen LogP contribution in [-0.4, -0.2) is 46.3 Å². The molecule has 0 amide bonds. The summed E-state index contributed by atoms with van der Waals surface area (Å²) < 4.78 is 4.63. The van der Waals surface area contributed by atoms with Crippen LogP contribution in [-0.2, 0) is 0 Å². The van der Waals surface area contributed by atoms with E-state index in [4.69, 9.17) is 0 Å². The molecule has 0 aliphatic carbocycles. The SMILES string of the molecule is CC(C)N(C)SCCSN(C)C(C)C. The van der Waals surface area contributed by atoms with Gasteiger partial charge in [0, 0.05) is 23.6 Å². The third-order valence-corrected chi connectivity index (χ3v) is 4.82. The maximum Gasteiger partial charge on any atom is 0.0184 e. The average Bonchev–Trinajstić information content (AvgIpc) is 2.11. The minimum Gasteiger partial charge on any atom is -0.251 e.